The zero-order valence-corrected chi connectivity index (χ0v) is 31.9. The van der Waals surface area contributed by atoms with Crippen LogP contribution < -0.4 is 0 Å². The normalized spacial score (nSPS) is 11.9. The molecule has 4 nitrogen and oxygen atoms in total. The van der Waals surface area contributed by atoms with Gasteiger partial charge in [0.05, 0.1) is 0 Å². The highest BCUT2D eigenvalue weighted by molar-refractivity contribution is 7.26. The molecule has 0 fully saturated rings. The molecule has 0 atom stereocenters. The molecule has 0 aliphatic rings. The Morgan fingerprint density at radius 1 is 0.333 bits per heavy atom. The monoisotopic (exact) mass is 763 g/mol. The van der Waals surface area contributed by atoms with Crippen LogP contribution in [0.3, 0.4) is 0 Å². The van der Waals surface area contributed by atoms with Crippen LogP contribution in [0.15, 0.2) is 180 Å². The van der Waals surface area contributed by atoms with Crippen molar-refractivity contribution in [3.63, 3.8) is 0 Å². The number of nitrogens with zero attached hydrogens (tertiary/aromatic N) is 3. The average Bonchev–Trinajstić information content (AvgIpc) is 3.97. The van der Waals surface area contributed by atoms with Gasteiger partial charge in [-0.3, -0.25) is 0 Å². The lowest BCUT2D eigenvalue weighted by Gasteiger charge is -2.11. The average molecular weight is 764 g/mol. The Balaban J connectivity index is 1.07. The van der Waals surface area contributed by atoms with Crippen LogP contribution in [0.5, 0.6) is 0 Å². The van der Waals surface area contributed by atoms with Crippen LogP contribution in [0.2, 0.25) is 0 Å². The van der Waals surface area contributed by atoms with E-state index in [9.17, 15) is 0 Å². The molecule has 12 aromatic rings. The third-order valence-electron chi connectivity index (χ3n) is 10.9. The third-order valence-corrected chi connectivity index (χ3v) is 13.3. The number of benzene rings is 8. The van der Waals surface area contributed by atoms with Crippen molar-refractivity contribution in [3.05, 3.63) is 176 Å². The quantitative estimate of drug-likeness (QED) is 0.175. The first kappa shape index (κ1) is 32.3. The summed E-state index contributed by atoms with van der Waals surface area (Å²) in [5.74, 6) is 1.87. The first-order valence-corrected chi connectivity index (χ1v) is 20.6. The van der Waals surface area contributed by atoms with Crippen molar-refractivity contribution >= 4 is 85.0 Å². The van der Waals surface area contributed by atoms with E-state index in [4.69, 9.17) is 19.4 Å². The van der Waals surface area contributed by atoms with Crippen LogP contribution in [0, 0.1) is 0 Å². The molecule has 12 rings (SSSR count). The fourth-order valence-corrected chi connectivity index (χ4v) is 10.7. The Bertz CT molecular complexity index is 3470. The van der Waals surface area contributed by atoms with E-state index in [1.807, 2.05) is 95.5 Å². The molecule has 0 bridgehead atoms. The summed E-state index contributed by atoms with van der Waals surface area (Å²) >= 11 is 3.71. The van der Waals surface area contributed by atoms with Gasteiger partial charge in [-0.15, -0.1) is 22.7 Å². The van der Waals surface area contributed by atoms with Crippen molar-refractivity contribution in [1.82, 2.24) is 15.0 Å². The molecule has 0 radical (unpaired) electrons. The summed E-state index contributed by atoms with van der Waals surface area (Å²) in [6.07, 6.45) is 0. The molecule has 8 aromatic carbocycles. The van der Waals surface area contributed by atoms with E-state index >= 15 is 0 Å². The number of fused-ring (bicyclic) bond motifs is 9. The van der Waals surface area contributed by atoms with Gasteiger partial charge in [0.25, 0.3) is 0 Å². The Morgan fingerprint density at radius 2 is 0.965 bits per heavy atom. The van der Waals surface area contributed by atoms with E-state index in [0.29, 0.717) is 17.5 Å². The predicted molar refractivity (Wildman–Crippen MR) is 240 cm³/mol. The number of furan rings is 1. The molecule has 57 heavy (non-hydrogen) atoms. The fraction of sp³-hybridized carbons (Fsp3) is 0. The lowest BCUT2D eigenvalue weighted by Crippen LogP contribution is -2.00. The summed E-state index contributed by atoms with van der Waals surface area (Å²) in [6, 6.07) is 62.0. The van der Waals surface area contributed by atoms with E-state index in [-0.39, 0.29) is 0 Å². The van der Waals surface area contributed by atoms with Gasteiger partial charge in [0.15, 0.2) is 17.5 Å². The highest BCUT2D eigenvalue weighted by Gasteiger charge is 2.20. The number of thiophene rings is 2. The standard InChI is InChI=1S/C51H29N3OS2/c1-3-13-30(14-4-1)49-52-50(31-15-5-2-6-16-31)54-51(53-49)38-20-11-21-41-46(38)36-26-25-32(29-42(36)55-41)39-27-33(28-40-35-17-7-9-22-43(35)57-48(39)40)34-19-12-24-45-47(34)37-18-8-10-23-44(37)56-45/h1-29H. The minimum absolute atomic E-state index is 0.606. The molecule has 0 saturated heterocycles. The Hall–Kier alpha value is -6.99. The second-order valence-corrected chi connectivity index (χ2v) is 16.4. The van der Waals surface area contributed by atoms with Gasteiger partial charge < -0.3 is 4.42 Å². The maximum atomic E-state index is 6.72. The van der Waals surface area contributed by atoms with Gasteiger partial charge in [0, 0.05) is 73.4 Å². The molecule has 0 unspecified atom stereocenters. The van der Waals surface area contributed by atoms with Gasteiger partial charge in [-0.25, -0.2) is 15.0 Å². The summed E-state index contributed by atoms with van der Waals surface area (Å²) in [4.78, 5) is 15.1. The van der Waals surface area contributed by atoms with E-state index in [1.165, 1.54) is 57.0 Å². The lowest BCUT2D eigenvalue weighted by atomic mass is 9.93. The molecular formula is C51H29N3OS2. The number of rotatable bonds is 5. The van der Waals surface area contributed by atoms with Crippen molar-refractivity contribution < 1.29 is 4.42 Å². The Morgan fingerprint density at radius 3 is 1.74 bits per heavy atom. The van der Waals surface area contributed by atoms with Gasteiger partial charge in [0.1, 0.15) is 11.2 Å². The molecule has 0 aliphatic heterocycles. The van der Waals surface area contributed by atoms with Crippen molar-refractivity contribution in [1.29, 1.82) is 0 Å². The smallest absolute Gasteiger partial charge is 0.164 e. The first-order chi connectivity index (χ1) is 28.2. The molecular weight excluding hydrogens is 735 g/mol. The van der Waals surface area contributed by atoms with Gasteiger partial charge in [-0.1, -0.05) is 127 Å². The minimum atomic E-state index is 0.606. The SMILES string of the molecule is c1ccc(-c2nc(-c3ccccc3)nc(-c3cccc4oc5cc(-c6cc(-c7cccc8sc9ccccc9c78)cc7c6sc6ccccc67)ccc5c34)n2)cc1. The van der Waals surface area contributed by atoms with Gasteiger partial charge in [0.2, 0.25) is 0 Å². The molecule has 4 heterocycles. The van der Waals surface area contributed by atoms with Gasteiger partial charge >= 0.3 is 0 Å². The van der Waals surface area contributed by atoms with Crippen molar-refractivity contribution in [2.75, 3.05) is 0 Å². The zero-order valence-electron chi connectivity index (χ0n) is 30.3. The second-order valence-electron chi connectivity index (χ2n) is 14.3. The molecule has 0 spiro atoms. The van der Waals surface area contributed by atoms with Crippen molar-refractivity contribution in [2.24, 2.45) is 0 Å². The number of hydrogen-bond acceptors (Lipinski definition) is 6. The highest BCUT2D eigenvalue weighted by atomic mass is 32.1. The molecule has 0 N–H and O–H groups in total. The molecule has 4 aromatic heterocycles. The zero-order chi connectivity index (χ0) is 37.5. The van der Waals surface area contributed by atoms with Gasteiger partial charge in [-0.2, -0.15) is 0 Å². The first-order valence-electron chi connectivity index (χ1n) is 18.9. The van der Waals surface area contributed by atoms with Crippen LogP contribution in [0.25, 0.3) is 119 Å². The summed E-state index contributed by atoms with van der Waals surface area (Å²) in [7, 11) is 0. The number of hydrogen-bond donors (Lipinski definition) is 0. The van der Waals surface area contributed by atoms with E-state index in [2.05, 4.69) is 103 Å². The van der Waals surface area contributed by atoms with Crippen LogP contribution in [-0.4, -0.2) is 15.0 Å². The highest BCUT2D eigenvalue weighted by Crippen LogP contribution is 2.47. The Labute approximate surface area is 335 Å². The van der Waals surface area contributed by atoms with E-state index in [0.717, 1.165) is 44.2 Å². The van der Waals surface area contributed by atoms with Crippen LogP contribution in [-0.2, 0) is 0 Å². The fourth-order valence-electron chi connectivity index (χ4n) is 8.32. The van der Waals surface area contributed by atoms with Crippen LogP contribution >= 0.6 is 22.7 Å². The second kappa shape index (κ2) is 12.8. The van der Waals surface area contributed by atoms with Crippen LogP contribution in [0.1, 0.15) is 0 Å². The topological polar surface area (TPSA) is 51.8 Å². The lowest BCUT2D eigenvalue weighted by molar-refractivity contribution is 0.669. The van der Waals surface area contributed by atoms with E-state index < -0.39 is 0 Å². The maximum Gasteiger partial charge on any atom is 0.164 e. The van der Waals surface area contributed by atoms with Crippen molar-refractivity contribution in [3.8, 4) is 56.4 Å². The van der Waals surface area contributed by atoms with Gasteiger partial charge in [-0.05, 0) is 65.2 Å². The predicted octanol–water partition coefficient (Wildman–Crippen LogP) is 14.8. The maximum absolute atomic E-state index is 6.72. The summed E-state index contributed by atoms with van der Waals surface area (Å²) < 4.78 is 11.9. The Kier molecular flexibility index (Phi) is 7.24. The minimum Gasteiger partial charge on any atom is -0.456 e. The van der Waals surface area contributed by atoms with E-state index in [1.54, 1.807) is 0 Å². The summed E-state index contributed by atoms with van der Waals surface area (Å²) in [5, 5.41) is 7.16. The largest absolute Gasteiger partial charge is 0.456 e. The summed E-state index contributed by atoms with van der Waals surface area (Å²) in [5.41, 5.74) is 9.15. The van der Waals surface area contributed by atoms with Crippen molar-refractivity contribution in [2.45, 2.75) is 0 Å². The molecule has 266 valence electrons. The molecule has 0 saturated carbocycles. The molecule has 0 aliphatic carbocycles. The number of aromatic nitrogens is 3. The molecule has 0 amide bonds. The summed E-state index contributed by atoms with van der Waals surface area (Å²) in [6.45, 7) is 0. The third kappa shape index (κ3) is 5.22. The molecule has 6 heteroatoms. The van der Waals surface area contributed by atoms with Crippen LogP contribution in [0.4, 0.5) is 0 Å².